The number of halogens is 1. The van der Waals surface area contributed by atoms with E-state index in [4.69, 9.17) is 26.8 Å². The van der Waals surface area contributed by atoms with Crippen LogP contribution in [0, 0.1) is 27.4 Å². The summed E-state index contributed by atoms with van der Waals surface area (Å²) < 4.78 is 10.4. The average molecular weight is 378 g/mol. The number of esters is 1. The second-order valence-electron chi connectivity index (χ2n) is 5.82. The van der Waals surface area contributed by atoms with Crippen molar-refractivity contribution in [3.8, 4) is 6.07 Å². The summed E-state index contributed by atoms with van der Waals surface area (Å²) in [5.41, 5.74) is 6.09. The summed E-state index contributed by atoms with van der Waals surface area (Å²) in [6.45, 7) is 3.59. The molecule has 8 nitrogen and oxygen atoms in total. The molecule has 9 heteroatoms. The Morgan fingerprint density at radius 3 is 2.62 bits per heavy atom. The van der Waals surface area contributed by atoms with Crippen molar-refractivity contribution in [1.29, 1.82) is 5.26 Å². The van der Waals surface area contributed by atoms with Crippen LogP contribution in [-0.2, 0) is 14.3 Å². The van der Waals surface area contributed by atoms with Crippen LogP contribution in [0.25, 0.3) is 0 Å². The zero-order chi connectivity index (χ0) is 19.6. The number of benzene rings is 1. The fourth-order valence-electron chi connectivity index (χ4n) is 2.72. The highest BCUT2D eigenvalue weighted by Gasteiger charge is 2.38. The van der Waals surface area contributed by atoms with Gasteiger partial charge >= 0.3 is 5.97 Å². The molecule has 0 saturated heterocycles. The molecule has 0 aromatic heterocycles. The van der Waals surface area contributed by atoms with Gasteiger partial charge in [-0.2, -0.15) is 5.26 Å². The van der Waals surface area contributed by atoms with E-state index in [2.05, 4.69) is 0 Å². The van der Waals surface area contributed by atoms with E-state index in [1.165, 1.54) is 25.3 Å². The number of nitro groups is 1. The molecule has 136 valence electrons. The molecule has 1 aromatic rings. The smallest absolute Gasteiger partial charge is 0.338 e. The summed E-state index contributed by atoms with van der Waals surface area (Å²) in [5, 5.41) is 20.4. The first-order chi connectivity index (χ1) is 12.2. The van der Waals surface area contributed by atoms with E-state index in [1.807, 2.05) is 6.07 Å². The average Bonchev–Trinajstić information content (AvgIpc) is 2.59. The molecule has 0 spiro atoms. The number of hydrogen-bond acceptors (Lipinski definition) is 7. The molecule has 1 aliphatic heterocycles. The van der Waals surface area contributed by atoms with Gasteiger partial charge < -0.3 is 15.2 Å². The van der Waals surface area contributed by atoms with Crippen molar-refractivity contribution >= 4 is 23.3 Å². The molecule has 0 saturated carbocycles. The molecule has 26 heavy (non-hydrogen) atoms. The SMILES string of the molecule is COC(=O)C1=C(C(C)C)OC(N)=C(C#N)C1c1ccc([N+](=O)[O-])c(Cl)c1. The number of nitriles is 1. The van der Waals surface area contributed by atoms with Crippen LogP contribution in [0.2, 0.25) is 5.02 Å². The molecule has 0 amide bonds. The Morgan fingerprint density at radius 1 is 1.50 bits per heavy atom. The van der Waals surface area contributed by atoms with Crippen LogP contribution >= 0.6 is 11.6 Å². The van der Waals surface area contributed by atoms with Crippen LogP contribution in [0.15, 0.2) is 41.0 Å². The lowest BCUT2D eigenvalue weighted by atomic mass is 9.81. The van der Waals surface area contributed by atoms with E-state index >= 15 is 0 Å². The number of nitrogens with two attached hydrogens (primary N) is 1. The van der Waals surface area contributed by atoms with Gasteiger partial charge in [0.2, 0.25) is 5.88 Å². The fourth-order valence-corrected chi connectivity index (χ4v) is 2.98. The van der Waals surface area contributed by atoms with Crippen LogP contribution in [0.3, 0.4) is 0 Å². The second-order valence-corrected chi connectivity index (χ2v) is 6.22. The lowest BCUT2D eigenvalue weighted by Crippen LogP contribution is -2.27. The van der Waals surface area contributed by atoms with Crippen molar-refractivity contribution in [1.82, 2.24) is 0 Å². The number of methoxy groups -OCH3 is 1. The Labute approximate surface area is 154 Å². The highest BCUT2D eigenvalue weighted by atomic mass is 35.5. The quantitative estimate of drug-likeness (QED) is 0.484. The molecule has 0 aliphatic carbocycles. The Hall–Kier alpha value is -3.05. The van der Waals surface area contributed by atoms with E-state index in [9.17, 15) is 20.2 Å². The third-order valence-corrected chi connectivity index (χ3v) is 4.18. The van der Waals surface area contributed by atoms with E-state index in [-0.39, 0.29) is 39.4 Å². The monoisotopic (exact) mass is 377 g/mol. The minimum absolute atomic E-state index is 0.000260. The maximum atomic E-state index is 12.4. The molecule has 1 aromatic carbocycles. The van der Waals surface area contributed by atoms with Crippen molar-refractivity contribution in [3.63, 3.8) is 0 Å². The molecular formula is C17H16ClN3O5. The molecular weight excluding hydrogens is 362 g/mol. The van der Waals surface area contributed by atoms with E-state index in [0.29, 0.717) is 5.56 Å². The number of hydrogen-bond donors (Lipinski definition) is 1. The van der Waals surface area contributed by atoms with Crippen LogP contribution in [-0.4, -0.2) is 18.0 Å². The number of carbonyl (C=O) groups is 1. The Kier molecular flexibility index (Phi) is 5.53. The first-order valence-corrected chi connectivity index (χ1v) is 7.94. The number of allylic oxidation sites excluding steroid dienone is 2. The van der Waals surface area contributed by atoms with Crippen molar-refractivity contribution in [2.75, 3.05) is 7.11 Å². The molecule has 1 unspecified atom stereocenters. The standard InChI is InChI=1S/C17H16ClN3O5/c1-8(2)15-14(17(22)25-3)13(10(7-19)16(20)26-15)9-4-5-12(21(23)24)11(18)6-9/h4-6,8,13H,20H2,1-3H3. The highest BCUT2D eigenvalue weighted by Crippen LogP contribution is 2.43. The third kappa shape index (κ3) is 3.34. The Bertz CT molecular complexity index is 883. The van der Waals surface area contributed by atoms with Gasteiger partial charge in [-0.15, -0.1) is 0 Å². The topological polar surface area (TPSA) is 128 Å². The van der Waals surface area contributed by atoms with Crippen LogP contribution in [0.4, 0.5) is 5.69 Å². The van der Waals surface area contributed by atoms with E-state index in [1.54, 1.807) is 13.8 Å². The third-order valence-electron chi connectivity index (χ3n) is 3.88. The molecule has 1 heterocycles. The number of rotatable bonds is 4. The van der Waals surface area contributed by atoms with Gasteiger partial charge in [0.15, 0.2) is 0 Å². The second kappa shape index (κ2) is 7.45. The summed E-state index contributed by atoms with van der Waals surface area (Å²) in [7, 11) is 1.21. The molecule has 0 fully saturated rings. The lowest BCUT2D eigenvalue weighted by molar-refractivity contribution is -0.384. The number of nitro benzene ring substituents is 1. The predicted molar refractivity (Wildman–Crippen MR) is 92.6 cm³/mol. The van der Waals surface area contributed by atoms with Crippen molar-refractivity contribution in [2.45, 2.75) is 19.8 Å². The van der Waals surface area contributed by atoms with Crippen LogP contribution in [0.5, 0.6) is 0 Å². The zero-order valence-electron chi connectivity index (χ0n) is 14.3. The Balaban J connectivity index is 2.75. The summed E-state index contributed by atoms with van der Waals surface area (Å²) in [6, 6.07) is 5.91. The van der Waals surface area contributed by atoms with Gasteiger partial charge in [0.25, 0.3) is 5.69 Å². The van der Waals surface area contributed by atoms with Gasteiger partial charge in [-0.3, -0.25) is 10.1 Å². The minimum atomic E-state index is -0.906. The van der Waals surface area contributed by atoms with Crippen LogP contribution in [0.1, 0.15) is 25.3 Å². The molecule has 2 rings (SSSR count). The van der Waals surface area contributed by atoms with Crippen LogP contribution < -0.4 is 5.73 Å². The fraction of sp³-hybridized carbons (Fsp3) is 0.294. The lowest BCUT2D eigenvalue weighted by Gasteiger charge is -2.29. The van der Waals surface area contributed by atoms with Crippen molar-refractivity contribution in [3.05, 3.63) is 61.7 Å². The van der Waals surface area contributed by atoms with Gasteiger partial charge in [-0.25, -0.2) is 4.79 Å². The molecule has 0 bridgehead atoms. The van der Waals surface area contributed by atoms with Gasteiger partial charge in [0.05, 0.1) is 23.5 Å². The van der Waals surface area contributed by atoms with Crippen molar-refractivity contribution in [2.24, 2.45) is 11.7 Å². The van der Waals surface area contributed by atoms with E-state index < -0.39 is 16.8 Å². The zero-order valence-corrected chi connectivity index (χ0v) is 15.0. The number of nitrogens with zero attached hydrogens (tertiary/aromatic N) is 2. The van der Waals surface area contributed by atoms with Gasteiger partial charge in [-0.05, 0) is 11.6 Å². The van der Waals surface area contributed by atoms with Crippen molar-refractivity contribution < 1.29 is 19.2 Å². The normalized spacial score (nSPS) is 17.0. The molecule has 0 radical (unpaired) electrons. The minimum Gasteiger partial charge on any atom is -0.466 e. The molecule has 1 aliphatic rings. The summed E-state index contributed by atoms with van der Waals surface area (Å²) >= 11 is 6.00. The summed E-state index contributed by atoms with van der Waals surface area (Å²) in [5.74, 6) is -1.68. The van der Waals surface area contributed by atoms with Gasteiger partial charge in [0, 0.05) is 12.0 Å². The first-order valence-electron chi connectivity index (χ1n) is 7.56. The summed E-state index contributed by atoms with van der Waals surface area (Å²) in [6.07, 6.45) is 0. The maximum absolute atomic E-state index is 12.4. The molecule has 1 atom stereocenters. The van der Waals surface area contributed by atoms with E-state index in [0.717, 1.165) is 0 Å². The first kappa shape index (κ1) is 19.3. The van der Waals surface area contributed by atoms with Gasteiger partial charge in [-0.1, -0.05) is 31.5 Å². The predicted octanol–water partition coefficient (Wildman–Crippen LogP) is 3.14. The highest BCUT2D eigenvalue weighted by molar-refractivity contribution is 6.32. The molecule has 2 N–H and O–H groups in total. The van der Waals surface area contributed by atoms with Gasteiger partial charge in [0.1, 0.15) is 22.4 Å². The summed E-state index contributed by atoms with van der Waals surface area (Å²) in [4.78, 5) is 22.8. The number of ether oxygens (including phenoxy) is 2. The number of carbonyl (C=O) groups excluding carboxylic acids is 1. The largest absolute Gasteiger partial charge is 0.466 e. The Morgan fingerprint density at radius 2 is 2.15 bits per heavy atom. The maximum Gasteiger partial charge on any atom is 0.338 e.